The summed E-state index contributed by atoms with van der Waals surface area (Å²) in [6, 6.07) is 6.82. The van der Waals surface area contributed by atoms with E-state index in [2.05, 4.69) is 48.0 Å². The highest BCUT2D eigenvalue weighted by atomic mass is 35.5. The summed E-state index contributed by atoms with van der Waals surface area (Å²) in [5.74, 6) is -7.57. The maximum absolute atomic E-state index is 10.6. The number of pyridine rings is 1. The highest BCUT2D eigenvalue weighted by Crippen LogP contribution is 2.40. The molecule has 53 heavy (non-hydrogen) atoms. The molecule has 0 radical (unpaired) electrons. The van der Waals surface area contributed by atoms with E-state index in [1.54, 1.807) is 12.7 Å². The molecule has 24 heteroatoms. The molecule has 290 valence electrons. The number of benzene rings is 1. The van der Waals surface area contributed by atoms with Crippen LogP contribution in [0.1, 0.15) is 31.4 Å². The molecular weight excluding hydrogens is 763 g/mol. The van der Waals surface area contributed by atoms with Gasteiger partial charge in [-0.1, -0.05) is 11.6 Å². The van der Waals surface area contributed by atoms with E-state index in [0.29, 0.717) is 16.5 Å². The van der Waals surface area contributed by atoms with Crippen molar-refractivity contribution in [1.29, 1.82) is 0 Å². The van der Waals surface area contributed by atoms with E-state index in [-0.39, 0.29) is 6.04 Å². The van der Waals surface area contributed by atoms with E-state index in [1.807, 2.05) is 18.3 Å². The van der Waals surface area contributed by atoms with Crippen molar-refractivity contribution in [3.63, 3.8) is 0 Å². The van der Waals surface area contributed by atoms with E-state index in [1.165, 1.54) is 12.8 Å². The number of anilines is 2. The second kappa shape index (κ2) is 17.1. The fourth-order valence-corrected chi connectivity index (χ4v) is 5.04. The van der Waals surface area contributed by atoms with E-state index in [4.69, 9.17) is 46.3 Å². The second-order valence-corrected chi connectivity index (χ2v) is 11.5. The molecule has 3 aromatic heterocycles. The van der Waals surface area contributed by atoms with Crippen LogP contribution in [-0.2, 0) is 14.4 Å². The standard InChI is InChI=1S/C23H25ClN8.3C2HF3O2/c1-14(30-23-20-22(27-12-26-20)28-13-29-23)17-11-18(24)16-3-2-6-25-19(16)21(17)32-9-7-31(8-10-32)15-4-5-15;3*3-2(4,5)1(6)7/h2-3,6,11-15H,4-5,7-10H2,1H3,(H2,26,27,28,29,30);3*(H,6,7). The third kappa shape index (κ3) is 11.9. The van der Waals surface area contributed by atoms with E-state index >= 15 is 0 Å². The van der Waals surface area contributed by atoms with Gasteiger partial charge in [-0.05, 0) is 38.0 Å². The van der Waals surface area contributed by atoms with Gasteiger partial charge in [-0.2, -0.15) is 39.5 Å². The molecule has 1 atom stereocenters. The number of aromatic amines is 1. The number of nitrogens with one attached hydrogen (secondary N) is 2. The van der Waals surface area contributed by atoms with Gasteiger partial charge in [0.1, 0.15) is 11.8 Å². The zero-order valence-electron chi connectivity index (χ0n) is 26.9. The molecule has 0 spiro atoms. The lowest BCUT2D eigenvalue weighted by molar-refractivity contribution is -0.193. The summed E-state index contributed by atoms with van der Waals surface area (Å²) in [5, 5.41) is 26.6. The number of nitrogens with zero attached hydrogens (tertiary/aromatic N) is 6. The van der Waals surface area contributed by atoms with Crippen LogP contribution in [0.25, 0.3) is 22.1 Å². The van der Waals surface area contributed by atoms with E-state index in [9.17, 15) is 39.5 Å². The monoisotopic (exact) mass is 790 g/mol. The van der Waals surface area contributed by atoms with Crippen LogP contribution in [-0.4, -0.2) is 114 Å². The summed E-state index contributed by atoms with van der Waals surface area (Å²) < 4.78 is 95.2. The summed E-state index contributed by atoms with van der Waals surface area (Å²) in [5.41, 5.74) is 4.67. The van der Waals surface area contributed by atoms with Crippen molar-refractivity contribution in [2.24, 2.45) is 0 Å². The van der Waals surface area contributed by atoms with Gasteiger partial charge in [0.2, 0.25) is 0 Å². The number of carbonyl (C=O) groups is 3. The maximum Gasteiger partial charge on any atom is 0.490 e. The average molecular weight is 791 g/mol. The van der Waals surface area contributed by atoms with E-state index in [0.717, 1.165) is 59.9 Å². The van der Waals surface area contributed by atoms with Gasteiger partial charge >= 0.3 is 36.4 Å². The zero-order valence-corrected chi connectivity index (χ0v) is 27.6. The molecule has 1 saturated heterocycles. The number of hydrogen-bond donors (Lipinski definition) is 5. The van der Waals surface area contributed by atoms with Gasteiger partial charge in [-0.15, -0.1) is 0 Å². The molecule has 0 amide bonds. The quantitative estimate of drug-likeness (QED) is 0.150. The first kappa shape index (κ1) is 42.2. The van der Waals surface area contributed by atoms with Crippen molar-refractivity contribution < 1.29 is 69.2 Å². The predicted octanol–water partition coefficient (Wildman–Crippen LogP) is 5.91. The molecule has 0 bridgehead atoms. The first-order valence-electron chi connectivity index (χ1n) is 14.9. The number of piperazine rings is 1. The zero-order chi connectivity index (χ0) is 39.9. The number of carboxylic acid groups (broad SMARTS) is 3. The number of imidazole rings is 1. The Morgan fingerprint density at radius 1 is 0.849 bits per heavy atom. The normalized spacial score (nSPS) is 15.6. The number of aromatic nitrogens is 5. The molecule has 1 saturated carbocycles. The van der Waals surface area contributed by atoms with Crippen LogP contribution in [0, 0.1) is 0 Å². The summed E-state index contributed by atoms with van der Waals surface area (Å²) in [6.07, 6.45) is -7.53. The Hall–Kier alpha value is -5.19. The van der Waals surface area contributed by atoms with Crippen molar-refractivity contribution in [1.82, 2.24) is 29.8 Å². The number of H-pyrrole nitrogens is 1. The van der Waals surface area contributed by atoms with Gasteiger partial charge in [0.05, 0.1) is 28.6 Å². The maximum atomic E-state index is 10.6. The molecule has 2 fully saturated rings. The minimum Gasteiger partial charge on any atom is -0.475 e. The van der Waals surface area contributed by atoms with Crippen molar-refractivity contribution in [3.05, 3.63) is 47.6 Å². The molecule has 5 N–H and O–H groups in total. The second-order valence-electron chi connectivity index (χ2n) is 11.0. The fraction of sp³-hybridized carbons (Fsp3) is 0.414. The highest BCUT2D eigenvalue weighted by molar-refractivity contribution is 6.36. The molecule has 14 nitrogen and oxygen atoms in total. The molecule has 4 aromatic rings. The minimum atomic E-state index is -5.08. The first-order valence-corrected chi connectivity index (χ1v) is 15.3. The first-order chi connectivity index (χ1) is 24.5. The molecule has 1 aliphatic heterocycles. The minimum absolute atomic E-state index is 0.0508. The average Bonchev–Trinajstić information content (AvgIpc) is 3.80. The lowest BCUT2D eigenvalue weighted by atomic mass is 10.0. The smallest absolute Gasteiger partial charge is 0.475 e. The van der Waals surface area contributed by atoms with Gasteiger partial charge in [0.25, 0.3) is 0 Å². The van der Waals surface area contributed by atoms with Crippen LogP contribution >= 0.6 is 11.6 Å². The van der Waals surface area contributed by atoms with Gasteiger partial charge in [0, 0.05) is 49.4 Å². The van der Waals surface area contributed by atoms with Crippen molar-refractivity contribution >= 4 is 63.1 Å². The summed E-state index contributed by atoms with van der Waals surface area (Å²) >= 11 is 6.73. The molecule has 2 aliphatic rings. The Morgan fingerprint density at radius 3 is 1.87 bits per heavy atom. The SMILES string of the molecule is CC(Nc1ncnc2[nH]cnc12)c1cc(Cl)c2cccnc2c1N1CCN(C2CC2)CC1.O=C(O)C(F)(F)F.O=C(O)C(F)(F)F.O=C(O)C(F)(F)F. The van der Waals surface area contributed by atoms with Crippen LogP contribution in [0.5, 0.6) is 0 Å². The van der Waals surface area contributed by atoms with Crippen LogP contribution in [0.3, 0.4) is 0 Å². The van der Waals surface area contributed by atoms with Crippen molar-refractivity contribution in [2.45, 2.75) is 50.4 Å². The Morgan fingerprint density at radius 2 is 1.38 bits per heavy atom. The highest BCUT2D eigenvalue weighted by Gasteiger charge is 2.39. The number of rotatable bonds is 5. The number of hydrogen-bond acceptors (Lipinski definition) is 10. The van der Waals surface area contributed by atoms with Gasteiger partial charge in [-0.25, -0.2) is 29.3 Å². The third-order valence-corrected chi connectivity index (χ3v) is 7.62. The van der Waals surface area contributed by atoms with Crippen LogP contribution in [0.4, 0.5) is 51.0 Å². The number of halogens is 10. The lowest BCUT2D eigenvalue weighted by Gasteiger charge is -2.38. The third-order valence-electron chi connectivity index (χ3n) is 7.30. The van der Waals surface area contributed by atoms with Crippen molar-refractivity contribution in [3.8, 4) is 0 Å². The van der Waals surface area contributed by atoms with E-state index < -0.39 is 36.4 Å². The van der Waals surface area contributed by atoms with Crippen LogP contribution in [0.2, 0.25) is 5.02 Å². The number of carboxylic acids is 3. The van der Waals surface area contributed by atoms with Crippen LogP contribution < -0.4 is 10.2 Å². The largest absolute Gasteiger partial charge is 0.490 e. The predicted molar refractivity (Wildman–Crippen MR) is 168 cm³/mol. The van der Waals surface area contributed by atoms with Crippen LogP contribution in [0.15, 0.2) is 37.1 Å². The Kier molecular flexibility index (Phi) is 13.6. The van der Waals surface area contributed by atoms with Gasteiger partial charge < -0.3 is 30.5 Å². The lowest BCUT2D eigenvalue weighted by Crippen LogP contribution is -2.47. The summed E-state index contributed by atoms with van der Waals surface area (Å²) in [6.45, 7) is 6.28. The number of alkyl halides is 9. The Labute approximate surface area is 296 Å². The topological polar surface area (TPSA) is 198 Å². The molecule has 1 aliphatic carbocycles. The fourth-order valence-electron chi connectivity index (χ4n) is 4.77. The number of fused-ring (bicyclic) bond motifs is 2. The Balaban J connectivity index is 0.000000296. The Bertz CT molecular complexity index is 1840. The van der Waals surface area contributed by atoms with Crippen molar-refractivity contribution in [2.75, 3.05) is 36.4 Å². The summed E-state index contributed by atoms with van der Waals surface area (Å²) in [7, 11) is 0. The molecule has 1 aromatic carbocycles. The number of aliphatic carboxylic acids is 3. The molecular formula is C29H28ClF9N8O6. The van der Waals surface area contributed by atoms with Gasteiger partial charge in [0.15, 0.2) is 11.5 Å². The molecule has 4 heterocycles. The summed E-state index contributed by atoms with van der Waals surface area (Å²) in [4.78, 5) is 52.6. The molecule has 6 rings (SSSR count). The van der Waals surface area contributed by atoms with Gasteiger partial charge in [-0.3, -0.25) is 9.88 Å². The molecule has 1 unspecified atom stereocenters.